The van der Waals surface area contributed by atoms with E-state index < -0.39 is 43.2 Å². The SMILES string of the molecule is [2H]C(C)C1(O)O[C@H](CO)[C@H](O)[C@H](O)[C@H]1O. The molecule has 1 aliphatic rings. The Morgan fingerprint density at radius 2 is 1.93 bits per heavy atom. The topological polar surface area (TPSA) is 110 Å². The molecule has 6 heteroatoms. The Labute approximate surface area is 82.8 Å². The van der Waals surface area contributed by atoms with Gasteiger partial charge in [-0.1, -0.05) is 6.92 Å². The molecule has 0 aromatic rings. The van der Waals surface area contributed by atoms with Crippen molar-refractivity contribution in [1.82, 2.24) is 0 Å². The summed E-state index contributed by atoms with van der Waals surface area (Å²) >= 11 is 0. The van der Waals surface area contributed by atoms with Crippen LogP contribution in [0.3, 0.4) is 0 Å². The molecule has 84 valence electrons. The van der Waals surface area contributed by atoms with Crippen LogP contribution in [0.5, 0.6) is 0 Å². The van der Waals surface area contributed by atoms with Gasteiger partial charge in [0.25, 0.3) is 0 Å². The maximum atomic E-state index is 9.76. The van der Waals surface area contributed by atoms with Crippen LogP contribution in [0.2, 0.25) is 0 Å². The Kier molecular flexibility index (Phi) is 3.01. The molecule has 14 heavy (non-hydrogen) atoms. The summed E-state index contributed by atoms with van der Waals surface area (Å²) in [5, 5.41) is 46.8. The molecule has 1 heterocycles. The molecule has 6 atom stereocenters. The van der Waals surface area contributed by atoms with E-state index in [1.807, 2.05) is 0 Å². The van der Waals surface area contributed by atoms with Crippen molar-refractivity contribution in [1.29, 1.82) is 0 Å². The van der Waals surface area contributed by atoms with Crippen molar-refractivity contribution in [2.75, 3.05) is 6.61 Å². The first-order valence-corrected chi connectivity index (χ1v) is 4.32. The lowest BCUT2D eigenvalue weighted by Crippen LogP contribution is -2.64. The molecule has 0 bridgehead atoms. The van der Waals surface area contributed by atoms with Crippen molar-refractivity contribution in [3.05, 3.63) is 0 Å². The normalized spacial score (nSPS) is 52.6. The fourth-order valence-electron chi connectivity index (χ4n) is 1.42. The summed E-state index contributed by atoms with van der Waals surface area (Å²) in [7, 11) is 0. The zero-order valence-corrected chi connectivity index (χ0v) is 7.74. The zero-order chi connectivity index (χ0) is 11.8. The van der Waals surface area contributed by atoms with E-state index in [0.717, 1.165) is 0 Å². The molecule has 1 saturated heterocycles. The molecule has 0 aromatic heterocycles. The van der Waals surface area contributed by atoms with Crippen LogP contribution in [0.25, 0.3) is 0 Å². The van der Waals surface area contributed by atoms with Gasteiger partial charge >= 0.3 is 0 Å². The molecule has 1 fully saturated rings. The average molecular weight is 209 g/mol. The van der Waals surface area contributed by atoms with Crippen LogP contribution in [0, 0.1) is 0 Å². The van der Waals surface area contributed by atoms with Gasteiger partial charge in [-0.25, -0.2) is 0 Å². The maximum absolute atomic E-state index is 9.76. The summed E-state index contributed by atoms with van der Waals surface area (Å²) in [6.07, 6.45) is -7.40. The van der Waals surface area contributed by atoms with E-state index in [-0.39, 0.29) is 0 Å². The van der Waals surface area contributed by atoms with Gasteiger partial charge in [-0.2, -0.15) is 0 Å². The van der Waals surface area contributed by atoms with Crippen LogP contribution < -0.4 is 0 Å². The first-order chi connectivity index (χ1) is 6.84. The van der Waals surface area contributed by atoms with E-state index in [0.29, 0.717) is 0 Å². The number of aliphatic hydroxyl groups excluding tert-OH is 4. The van der Waals surface area contributed by atoms with Crippen LogP contribution in [0.15, 0.2) is 0 Å². The zero-order valence-electron chi connectivity index (χ0n) is 8.74. The van der Waals surface area contributed by atoms with Crippen molar-refractivity contribution in [2.45, 2.75) is 43.5 Å². The predicted molar refractivity (Wildman–Crippen MR) is 45.2 cm³/mol. The summed E-state index contributed by atoms with van der Waals surface area (Å²) in [5.41, 5.74) is 0. The Hall–Kier alpha value is -0.240. The lowest BCUT2D eigenvalue weighted by atomic mass is 9.91. The minimum atomic E-state index is -2.29. The highest BCUT2D eigenvalue weighted by molar-refractivity contribution is 4.95. The van der Waals surface area contributed by atoms with Crippen LogP contribution >= 0.6 is 0 Å². The number of hydrogen-bond donors (Lipinski definition) is 5. The number of rotatable bonds is 2. The van der Waals surface area contributed by atoms with Crippen molar-refractivity contribution in [3.8, 4) is 0 Å². The summed E-state index contributed by atoms with van der Waals surface area (Å²) in [6, 6.07) is 0. The Balaban J connectivity index is 2.92. The number of aliphatic hydroxyl groups is 5. The molecule has 0 saturated carbocycles. The van der Waals surface area contributed by atoms with E-state index in [4.69, 9.17) is 11.2 Å². The molecule has 5 N–H and O–H groups in total. The van der Waals surface area contributed by atoms with Crippen molar-refractivity contribution < 1.29 is 31.6 Å². The van der Waals surface area contributed by atoms with Crippen LogP contribution in [0.4, 0.5) is 0 Å². The average Bonchev–Trinajstić information content (AvgIpc) is 2.20. The second-order valence-electron chi connectivity index (χ2n) is 3.31. The largest absolute Gasteiger partial charge is 0.394 e. The van der Waals surface area contributed by atoms with Crippen LogP contribution in [-0.4, -0.2) is 62.3 Å². The molecule has 0 aromatic carbocycles. The van der Waals surface area contributed by atoms with Crippen molar-refractivity contribution >= 4 is 0 Å². The molecule has 0 amide bonds. The molecule has 1 aliphatic heterocycles. The highest BCUT2D eigenvalue weighted by Gasteiger charge is 2.51. The summed E-state index contributed by atoms with van der Waals surface area (Å²) in [4.78, 5) is 0. The molecular weight excluding hydrogens is 192 g/mol. The van der Waals surface area contributed by atoms with Gasteiger partial charge in [-0.3, -0.25) is 0 Å². The quantitative estimate of drug-likeness (QED) is 0.345. The van der Waals surface area contributed by atoms with Gasteiger partial charge in [0.05, 0.1) is 6.61 Å². The summed E-state index contributed by atoms with van der Waals surface area (Å²) in [6.45, 7) is 0.641. The van der Waals surface area contributed by atoms with Gasteiger partial charge in [0, 0.05) is 7.77 Å². The smallest absolute Gasteiger partial charge is 0.194 e. The molecule has 0 aliphatic carbocycles. The summed E-state index contributed by atoms with van der Waals surface area (Å²) < 4.78 is 12.1. The van der Waals surface area contributed by atoms with Crippen molar-refractivity contribution in [2.24, 2.45) is 0 Å². The van der Waals surface area contributed by atoms with Gasteiger partial charge in [-0.05, 0) is 0 Å². The summed E-state index contributed by atoms with van der Waals surface area (Å²) in [5.74, 6) is -2.29. The fraction of sp³-hybridized carbons (Fsp3) is 1.00. The Morgan fingerprint density at radius 3 is 2.36 bits per heavy atom. The highest BCUT2D eigenvalue weighted by Crippen LogP contribution is 2.30. The third-order valence-electron chi connectivity index (χ3n) is 2.41. The molecule has 0 spiro atoms. The van der Waals surface area contributed by atoms with Gasteiger partial charge < -0.3 is 30.3 Å². The van der Waals surface area contributed by atoms with Gasteiger partial charge in [0.15, 0.2) is 5.79 Å². The van der Waals surface area contributed by atoms with Gasteiger partial charge in [0.2, 0.25) is 0 Å². The Bertz CT molecular complexity index is 223. The van der Waals surface area contributed by atoms with Crippen LogP contribution in [0.1, 0.15) is 14.7 Å². The lowest BCUT2D eigenvalue weighted by Gasteiger charge is -2.45. The van der Waals surface area contributed by atoms with Crippen LogP contribution in [-0.2, 0) is 4.74 Å². The molecule has 6 nitrogen and oxygen atoms in total. The lowest BCUT2D eigenvalue weighted by molar-refractivity contribution is -0.349. The first-order valence-electron chi connectivity index (χ1n) is 4.89. The van der Waals surface area contributed by atoms with Gasteiger partial charge in [-0.15, -0.1) is 0 Å². The minimum Gasteiger partial charge on any atom is -0.394 e. The third kappa shape index (κ3) is 1.77. The Morgan fingerprint density at radius 1 is 1.36 bits per heavy atom. The first kappa shape index (κ1) is 10.3. The molecular formula is C8H16O6. The standard InChI is InChI=1S/C8H16O6/c1-2-8(13)7(12)6(11)5(10)4(3-9)14-8/h4-7,9-13H,2-3H2,1H3/t4-,5+,6+,7-,8?/m1/s1/i2D/t2?,4-,5+,6+,7-,8?. The van der Waals surface area contributed by atoms with E-state index >= 15 is 0 Å². The second kappa shape index (κ2) is 4.09. The number of ether oxygens (including phenoxy) is 1. The second-order valence-corrected chi connectivity index (χ2v) is 3.31. The minimum absolute atomic E-state index is 0.625. The molecule has 2 unspecified atom stereocenters. The van der Waals surface area contributed by atoms with Gasteiger partial charge in [0.1, 0.15) is 24.4 Å². The van der Waals surface area contributed by atoms with E-state index in [9.17, 15) is 20.4 Å². The van der Waals surface area contributed by atoms with E-state index in [2.05, 4.69) is 0 Å². The maximum Gasteiger partial charge on any atom is 0.194 e. The van der Waals surface area contributed by atoms with E-state index in [1.165, 1.54) is 6.92 Å². The fourth-order valence-corrected chi connectivity index (χ4v) is 1.42. The van der Waals surface area contributed by atoms with E-state index in [1.54, 1.807) is 0 Å². The third-order valence-corrected chi connectivity index (χ3v) is 2.41. The highest BCUT2D eigenvalue weighted by atomic mass is 16.7. The molecule has 1 rings (SSSR count). The predicted octanol–water partition coefficient (Wildman–Crippen LogP) is -2.44. The number of hydrogen-bond acceptors (Lipinski definition) is 6. The monoisotopic (exact) mass is 209 g/mol. The molecule has 0 radical (unpaired) electrons. The van der Waals surface area contributed by atoms with Crippen molar-refractivity contribution in [3.63, 3.8) is 0 Å².